The lowest BCUT2D eigenvalue weighted by Crippen LogP contribution is -2.48. The fourth-order valence-corrected chi connectivity index (χ4v) is 1.04. The number of carbonyl (C=O) groups excluding carboxylic acids is 1. The fraction of sp³-hybridized carbons (Fsp3) is 0.500. The summed E-state index contributed by atoms with van der Waals surface area (Å²) in [5, 5.41) is 12.7. The molecule has 2 aliphatic heterocycles. The van der Waals surface area contributed by atoms with E-state index in [1.165, 1.54) is 12.4 Å². The standard InChI is InChI=1S/C6H6N2O4/c9-3-1-8-12-4-2-7-6(10)11-5(3)4/h1-5,9H/t3-,4+,5+/m1/s1. The van der Waals surface area contributed by atoms with E-state index in [0.717, 1.165) is 0 Å². The van der Waals surface area contributed by atoms with Gasteiger partial charge >= 0.3 is 6.09 Å². The minimum atomic E-state index is -0.917. The highest BCUT2D eigenvalue weighted by Gasteiger charge is 2.37. The van der Waals surface area contributed by atoms with Crippen LogP contribution in [-0.4, -0.2) is 41.9 Å². The Hall–Kier alpha value is -1.43. The van der Waals surface area contributed by atoms with Crippen molar-refractivity contribution in [3.63, 3.8) is 0 Å². The molecule has 2 rings (SSSR count). The molecule has 2 heterocycles. The van der Waals surface area contributed by atoms with Crippen LogP contribution in [0, 0.1) is 0 Å². The first kappa shape index (κ1) is 7.23. The number of aliphatic hydroxyl groups excluding tert-OH is 1. The molecule has 2 aliphatic rings. The van der Waals surface area contributed by atoms with Gasteiger partial charge in [-0.3, -0.25) is 0 Å². The largest absolute Gasteiger partial charge is 0.437 e. The van der Waals surface area contributed by atoms with Crippen LogP contribution in [0.2, 0.25) is 0 Å². The van der Waals surface area contributed by atoms with Gasteiger partial charge in [-0.05, 0) is 0 Å². The summed E-state index contributed by atoms with van der Waals surface area (Å²) in [6.45, 7) is 0. The van der Waals surface area contributed by atoms with Crippen molar-refractivity contribution in [2.24, 2.45) is 10.1 Å². The second-order valence-electron chi connectivity index (χ2n) is 2.44. The predicted molar refractivity (Wildman–Crippen MR) is 38.1 cm³/mol. The number of fused-ring (bicyclic) bond motifs is 1. The lowest BCUT2D eigenvalue weighted by molar-refractivity contribution is -0.0618. The highest BCUT2D eigenvalue weighted by atomic mass is 16.7. The number of carbonyl (C=O) groups is 1. The third-order valence-electron chi connectivity index (χ3n) is 1.62. The first-order valence-electron chi connectivity index (χ1n) is 3.39. The Kier molecular flexibility index (Phi) is 1.54. The molecule has 0 saturated heterocycles. The third kappa shape index (κ3) is 1.06. The molecule has 12 heavy (non-hydrogen) atoms. The molecular formula is C6H6N2O4. The van der Waals surface area contributed by atoms with Crippen LogP contribution >= 0.6 is 0 Å². The maximum atomic E-state index is 10.6. The van der Waals surface area contributed by atoms with E-state index in [0.29, 0.717) is 0 Å². The number of aliphatic hydroxyl groups is 1. The number of hydrogen-bond acceptors (Lipinski definition) is 5. The van der Waals surface area contributed by atoms with Crippen LogP contribution in [0.25, 0.3) is 0 Å². The van der Waals surface area contributed by atoms with E-state index in [-0.39, 0.29) is 0 Å². The van der Waals surface area contributed by atoms with Gasteiger partial charge in [-0.2, -0.15) is 4.99 Å². The first-order chi connectivity index (χ1) is 5.77. The molecule has 0 aliphatic carbocycles. The zero-order chi connectivity index (χ0) is 8.55. The van der Waals surface area contributed by atoms with Crippen molar-refractivity contribution in [1.29, 1.82) is 0 Å². The van der Waals surface area contributed by atoms with E-state index in [1.54, 1.807) is 0 Å². The summed E-state index contributed by atoms with van der Waals surface area (Å²) in [5.41, 5.74) is 0. The van der Waals surface area contributed by atoms with E-state index in [9.17, 15) is 9.90 Å². The Balaban J connectivity index is 2.22. The van der Waals surface area contributed by atoms with Crippen LogP contribution in [-0.2, 0) is 9.57 Å². The SMILES string of the molecule is O=C1N=C[C@@H]2ON=C[C@@H](O)[C@@H]2O1. The zero-order valence-electron chi connectivity index (χ0n) is 5.95. The molecule has 0 radical (unpaired) electrons. The Morgan fingerprint density at radius 1 is 1.50 bits per heavy atom. The lowest BCUT2D eigenvalue weighted by atomic mass is 10.1. The third-order valence-corrected chi connectivity index (χ3v) is 1.62. The summed E-state index contributed by atoms with van der Waals surface area (Å²) in [6, 6.07) is 0. The number of rotatable bonds is 0. The number of amides is 1. The topological polar surface area (TPSA) is 80.5 Å². The van der Waals surface area contributed by atoms with Crippen LogP contribution in [0.15, 0.2) is 10.1 Å². The maximum Gasteiger partial charge on any atom is 0.433 e. The Bertz CT molecular complexity index is 262. The van der Waals surface area contributed by atoms with Crippen molar-refractivity contribution < 1.29 is 19.5 Å². The smallest absolute Gasteiger partial charge is 0.433 e. The molecule has 0 spiro atoms. The number of hydrogen-bond donors (Lipinski definition) is 1. The molecule has 0 unspecified atom stereocenters. The maximum absolute atomic E-state index is 10.6. The van der Waals surface area contributed by atoms with Gasteiger partial charge in [0.25, 0.3) is 0 Å². The average molecular weight is 170 g/mol. The molecule has 1 amide bonds. The monoisotopic (exact) mass is 170 g/mol. The van der Waals surface area contributed by atoms with Crippen LogP contribution in [0.1, 0.15) is 0 Å². The Labute approximate surface area is 67.5 Å². The molecule has 3 atom stereocenters. The van der Waals surface area contributed by atoms with Gasteiger partial charge in [-0.25, -0.2) is 4.79 Å². The van der Waals surface area contributed by atoms with Crippen molar-refractivity contribution in [2.75, 3.05) is 0 Å². The summed E-state index contributed by atoms with van der Waals surface area (Å²) in [7, 11) is 0. The summed E-state index contributed by atoms with van der Waals surface area (Å²) < 4.78 is 4.70. The number of ether oxygens (including phenoxy) is 1. The van der Waals surface area contributed by atoms with E-state index in [4.69, 9.17) is 9.57 Å². The molecular weight excluding hydrogens is 164 g/mol. The molecule has 0 fully saturated rings. The minimum Gasteiger partial charge on any atom is -0.437 e. The number of aliphatic imine (C=N–C) groups is 1. The van der Waals surface area contributed by atoms with Crippen molar-refractivity contribution in [2.45, 2.75) is 18.3 Å². The molecule has 0 saturated carbocycles. The molecule has 0 aromatic rings. The summed E-state index contributed by atoms with van der Waals surface area (Å²) in [4.78, 5) is 18.8. The van der Waals surface area contributed by atoms with Gasteiger partial charge in [0.2, 0.25) is 6.10 Å². The molecule has 0 aromatic carbocycles. The van der Waals surface area contributed by atoms with E-state index in [2.05, 4.69) is 10.1 Å². The predicted octanol–water partition coefficient (Wildman–Crippen LogP) is -0.679. The molecule has 0 aromatic heterocycles. The normalized spacial score (nSPS) is 38.4. The molecule has 1 N–H and O–H groups in total. The average Bonchev–Trinajstić information content (AvgIpc) is 2.07. The Morgan fingerprint density at radius 3 is 3.17 bits per heavy atom. The number of oxime groups is 1. The van der Waals surface area contributed by atoms with Gasteiger partial charge < -0.3 is 14.7 Å². The van der Waals surface area contributed by atoms with E-state index in [1.807, 2.05) is 0 Å². The highest BCUT2D eigenvalue weighted by molar-refractivity contribution is 5.85. The second kappa shape index (κ2) is 2.56. The van der Waals surface area contributed by atoms with Crippen LogP contribution in [0.3, 0.4) is 0 Å². The fourth-order valence-electron chi connectivity index (χ4n) is 1.04. The van der Waals surface area contributed by atoms with Gasteiger partial charge in [-0.1, -0.05) is 5.16 Å². The first-order valence-corrected chi connectivity index (χ1v) is 3.39. The van der Waals surface area contributed by atoms with E-state index >= 15 is 0 Å². The quantitative estimate of drug-likeness (QED) is 0.522. The Morgan fingerprint density at radius 2 is 2.33 bits per heavy atom. The highest BCUT2D eigenvalue weighted by Crippen LogP contribution is 2.15. The summed E-state index contributed by atoms with van der Waals surface area (Å²) in [6.07, 6.45) is -0.465. The van der Waals surface area contributed by atoms with Gasteiger partial charge in [0.1, 0.15) is 6.10 Å². The zero-order valence-corrected chi connectivity index (χ0v) is 5.95. The van der Waals surface area contributed by atoms with Crippen LogP contribution in [0.5, 0.6) is 0 Å². The second-order valence-corrected chi connectivity index (χ2v) is 2.44. The molecule has 6 heteroatoms. The van der Waals surface area contributed by atoms with Gasteiger partial charge in [0.05, 0.1) is 12.4 Å². The van der Waals surface area contributed by atoms with Crippen molar-refractivity contribution in [3.8, 4) is 0 Å². The van der Waals surface area contributed by atoms with Gasteiger partial charge in [-0.15, -0.1) is 0 Å². The van der Waals surface area contributed by atoms with Gasteiger partial charge in [0, 0.05) is 0 Å². The molecule has 0 bridgehead atoms. The van der Waals surface area contributed by atoms with Crippen molar-refractivity contribution in [3.05, 3.63) is 0 Å². The van der Waals surface area contributed by atoms with Crippen LogP contribution in [0.4, 0.5) is 4.79 Å². The van der Waals surface area contributed by atoms with Crippen molar-refractivity contribution >= 4 is 18.5 Å². The molecule has 64 valence electrons. The van der Waals surface area contributed by atoms with Crippen LogP contribution < -0.4 is 0 Å². The minimum absolute atomic E-state index is 0.567. The summed E-state index contributed by atoms with van der Waals surface area (Å²) in [5.74, 6) is 0. The number of nitrogens with zero attached hydrogens (tertiary/aromatic N) is 2. The lowest BCUT2D eigenvalue weighted by Gasteiger charge is -2.29. The molecule has 6 nitrogen and oxygen atoms in total. The summed E-state index contributed by atoms with van der Waals surface area (Å²) >= 11 is 0. The van der Waals surface area contributed by atoms with Crippen molar-refractivity contribution in [1.82, 2.24) is 0 Å². The van der Waals surface area contributed by atoms with Gasteiger partial charge in [0.15, 0.2) is 6.10 Å². The van der Waals surface area contributed by atoms with E-state index < -0.39 is 24.4 Å².